The van der Waals surface area contributed by atoms with E-state index in [-0.39, 0.29) is 23.6 Å². The molecule has 170 valence electrons. The number of aromatic hydroxyl groups is 1. The van der Waals surface area contributed by atoms with Gasteiger partial charge in [0, 0.05) is 29.3 Å². The summed E-state index contributed by atoms with van der Waals surface area (Å²) >= 11 is 0. The van der Waals surface area contributed by atoms with Gasteiger partial charge in [-0.15, -0.1) is 6.58 Å². The Bertz CT molecular complexity index is 1200. The smallest absolute Gasteiger partial charge is 0.337 e. The molecule has 2 aliphatic heterocycles. The highest BCUT2D eigenvalue weighted by Crippen LogP contribution is 2.61. The second kappa shape index (κ2) is 7.78. The highest BCUT2D eigenvalue weighted by Gasteiger charge is 2.59. The van der Waals surface area contributed by atoms with Gasteiger partial charge in [0.25, 0.3) is 5.91 Å². The molecule has 3 unspecified atom stereocenters. The number of hydrogen-bond donors (Lipinski definition) is 2. The highest BCUT2D eigenvalue weighted by atomic mass is 16.5. The summed E-state index contributed by atoms with van der Waals surface area (Å²) in [6.45, 7) is 4.98. The minimum atomic E-state index is -0.507. The number of phenols is 1. The van der Waals surface area contributed by atoms with E-state index in [1.165, 1.54) is 13.2 Å². The fourth-order valence-electron chi connectivity index (χ4n) is 5.71. The summed E-state index contributed by atoms with van der Waals surface area (Å²) in [7, 11) is 3.42. The molecule has 7 heteroatoms. The van der Waals surface area contributed by atoms with E-state index < -0.39 is 11.4 Å². The van der Waals surface area contributed by atoms with Gasteiger partial charge in [0.1, 0.15) is 5.76 Å². The fraction of sp³-hybridized carbons (Fsp3) is 0.308. The number of likely N-dealkylation sites (tertiary alicyclic amines) is 1. The van der Waals surface area contributed by atoms with E-state index in [2.05, 4.69) is 23.8 Å². The van der Waals surface area contributed by atoms with Crippen LogP contribution in [0.5, 0.6) is 11.5 Å². The first-order chi connectivity index (χ1) is 15.9. The van der Waals surface area contributed by atoms with Crippen molar-refractivity contribution in [2.24, 2.45) is 5.92 Å². The summed E-state index contributed by atoms with van der Waals surface area (Å²) < 4.78 is 11.0. The molecule has 2 aromatic carbocycles. The number of methoxy groups -OCH3 is 1. The maximum atomic E-state index is 12.9. The molecule has 1 amide bonds. The third-order valence-electron chi connectivity index (χ3n) is 7.29. The molecule has 1 aliphatic carbocycles. The number of fused-ring (bicyclic) bond motifs is 1. The molecule has 1 saturated heterocycles. The van der Waals surface area contributed by atoms with Crippen molar-refractivity contribution < 1.29 is 24.2 Å². The maximum absolute atomic E-state index is 12.9. The van der Waals surface area contributed by atoms with Crippen molar-refractivity contribution in [3.05, 3.63) is 83.3 Å². The first-order valence-corrected chi connectivity index (χ1v) is 11.0. The van der Waals surface area contributed by atoms with Gasteiger partial charge in [-0.3, -0.25) is 4.79 Å². The average molecular weight is 447 g/mol. The van der Waals surface area contributed by atoms with Crippen molar-refractivity contribution >= 4 is 11.9 Å². The molecule has 0 radical (unpaired) electrons. The number of benzene rings is 2. The lowest BCUT2D eigenvalue weighted by Crippen LogP contribution is -2.58. The van der Waals surface area contributed by atoms with Gasteiger partial charge in [0.05, 0.1) is 18.1 Å². The van der Waals surface area contributed by atoms with Gasteiger partial charge in [-0.25, -0.2) is 4.79 Å². The molecule has 33 heavy (non-hydrogen) atoms. The number of hydrogen-bond acceptors (Lipinski definition) is 6. The SMILES string of the molecule is C=CC1C2Cc3ccc(O)c4c3C1(CCN2C)/C(=C\NC(=O)c1cccc(C(=O)OC)c1)O4. The van der Waals surface area contributed by atoms with Gasteiger partial charge in [-0.2, -0.15) is 0 Å². The van der Waals surface area contributed by atoms with E-state index in [9.17, 15) is 14.7 Å². The lowest BCUT2D eigenvalue weighted by atomic mass is 9.57. The van der Waals surface area contributed by atoms with Crippen LogP contribution in [0.2, 0.25) is 0 Å². The Morgan fingerprint density at radius 2 is 2.09 bits per heavy atom. The zero-order valence-corrected chi connectivity index (χ0v) is 18.6. The lowest BCUT2D eigenvalue weighted by Gasteiger charge is -2.52. The number of phenolic OH excluding ortho intramolecular Hbond substituents is 1. The van der Waals surface area contributed by atoms with Gasteiger partial charge in [-0.05, 0) is 56.3 Å². The number of amides is 1. The molecule has 0 aromatic heterocycles. The number of esters is 1. The molecule has 7 nitrogen and oxygen atoms in total. The van der Waals surface area contributed by atoms with E-state index in [1.54, 1.807) is 30.5 Å². The summed E-state index contributed by atoms with van der Waals surface area (Å²) in [5.74, 6) is 0.347. The van der Waals surface area contributed by atoms with Gasteiger partial charge in [0.15, 0.2) is 11.5 Å². The van der Waals surface area contributed by atoms with E-state index >= 15 is 0 Å². The van der Waals surface area contributed by atoms with Gasteiger partial charge in [-0.1, -0.05) is 18.2 Å². The summed E-state index contributed by atoms with van der Waals surface area (Å²) in [5.41, 5.74) is 2.29. The molecule has 1 fully saturated rings. The zero-order chi connectivity index (χ0) is 23.3. The Balaban J connectivity index is 1.54. The van der Waals surface area contributed by atoms with Crippen LogP contribution in [0.3, 0.4) is 0 Å². The Kier molecular flexibility index (Phi) is 5.01. The Morgan fingerprint density at radius 3 is 2.85 bits per heavy atom. The molecule has 1 spiro atoms. The predicted octanol–water partition coefficient (Wildman–Crippen LogP) is 3.14. The first-order valence-electron chi connectivity index (χ1n) is 11.0. The second-order valence-electron chi connectivity index (χ2n) is 8.84. The van der Waals surface area contributed by atoms with E-state index in [0.717, 1.165) is 30.5 Å². The van der Waals surface area contributed by atoms with Crippen molar-refractivity contribution in [1.82, 2.24) is 10.2 Å². The van der Waals surface area contributed by atoms with Crippen LogP contribution in [0.15, 0.2) is 61.0 Å². The summed E-state index contributed by atoms with van der Waals surface area (Å²) in [6.07, 6.45) is 5.20. The molecular formula is C26H26N2O5. The zero-order valence-electron chi connectivity index (χ0n) is 18.6. The lowest BCUT2D eigenvalue weighted by molar-refractivity contribution is 0.0600. The molecule has 3 atom stereocenters. The topological polar surface area (TPSA) is 88.1 Å². The number of carbonyl (C=O) groups excluding carboxylic acids is 2. The second-order valence-corrected chi connectivity index (χ2v) is 8.84. The Morgan fingerprint density at radius 1 is 1.30 bits per heavy atom. The molecule has 2 bridgehead atoms. The van der Waals surface area contributed by atoms with E-state index in [1.807, 2.05) is 12.1 Å². The maximum Gasteiger partial charge on any atom is 0.337 e. The van der Waals surface area contributed by atoms with Gasteiger partial charge in [0.2, 0.25) is 0 Å². The molecule has 5 rings (SSSR count). The van der Waals surface area contributed by atoms with Crippen molar-refractivity contribution in [1.29, 1.82) is 0 Å². The fourth-order valence-corrected chi connectivity index (χ4v) is 5.71. The van der Waals surface area contributed by atoms with Crippen LogP contribution >= 0.6 is 0 Å². The molecule has 0 saturated carbocycles. The standard InChI is InChI=1S/C26H26N2O5/c1-4-18-19-13-15-8-9-20(29)23-22(15)26(18,10-11-28(19)2)21(33-23)14-27-24(30)16-6-5-7-17(12-16)25(31)32-3/h4-9,12,14,18-19,29H,1,10-11,13H2,2-3H3,(H,27,30)/b21-14+. The average Bonchev–Trinajstić information content (AvgIpc) is 3.17. The molecule has 2 heterocycles. The quantitative estimate of drug-likeness (QED) is 0.554. The first kappa shape index (κ1) is 21.3. The van der Waals surface area contributed by atoms with Crippen LogP contribution in [0.25, 0.3) is 0 Å². The van der Waals surface area contributed by atoms with Crippen LogP contribution in [-0.2, 0) is 16.6 Å². The summed E-state index contributed by atoms with van der Waals surface area (Å²) in [6, 6.07) is 10.2. The van der Waals surface area contributed by atoms with E-state index in [0.29, 0.717) is 22.6 Å². The van der Waals surface area contributed by atoms with Crippen LogP contribution < -0.4 is 10.1 Å². The Hall–Kier alpha value is -3.58. The molecule has 3 aliphatic rings. The molecular weight excluding hydrogens is 420 g/mol. The number of allylic oxidation sites excluding steroid dienone is 1. The number of ether oxygens (including phenoxy) is 2. The normalized spacial score (nSPS) is 26.3. The van der Waals surface area contributed by atoms with Crippen molar-refractivity contribution in [2.75, 3.05) is 20.7 Å². The van der Waals surface area contributed by atoms with Crippen molar-refractivity contribution in [2.45, 2.75) is 24.3 Å². The van der Waals surface area contributed by atoms with Gasteiger partial charge < -0.3 is 24.8 Å². The minimum absolute atomic E-state index is 0.0672. The summed E-state index contributed by atoms with van der Waals surface area (Å²) in [5, 5.41) is 13.4. The molecule has 2 N–H and O–H groups in total. The van der Waals surface area contributed by atoms with Crippen molar-refractivity contribution in [3.8, 4) is 11.5 Å². The van der Waals surface area contributed by atoms with Crippen LogP contribution in [0.4, 0.5) is 0 Å². The number of rotatable bonds is 4. The van der Waals surface area contributed by atoms with Crippen molar-refractivity contribution in [3.63, 3.8) is 0 Å². The number of nitrogens with zero attached hydrogens (tertiary/aromatic N) is 1. The minimum Gasteiger partial charge on any atom is -0.504 e. The Labute approximate surface area is 192 Å². The predicted molar refractivity (Wildman–Crippen MR) is 122 cm³/mol. The molecule has 2 aromatic rings. The third kappa shape index (κ3) is 3.07. The summed E-state index contributed by atoms with van der Waals surface area (Å²) in [4.78, 5) is 27.1. The monoisotopic (exact) mass is 446 g/mol. The number of nitrogens with one attached hydrogen (secondary N) is 1. The van der Waals surface area contributed by atoms with Crippen LogP contribution in [0.1, 0.15) is 38.3 Å². The van der Waals surface area contributed by atoms with E-state index in [4.69, 9.17) is 9.47 Å². The van der Waals surface area contributed by atoms with Crippen LogP contribution in [-0.4, -0.2) is 48.6 Å². The third-order valence-corrected chi connectivity index (χ3v) is 7.29. The largest absolute Gasteiger partial charge is 0.504 e. The van der Waals surface area contributed by atoms with Crippen LogP contribution in [0, 0.1) is 5.92 Å². The number of carbonyl (C=O) groups is 2. The number of piperidine rings is 1. The van der Waals surface area contributed by atoms with Gasteiger partial charge >= 0.3 is 5.97 Å². The number of likely N-dealkylation sites (N-methyl/N-ethyl adjacent to an activating group) is 1. The highest BCUT2D eigenvalue weighted by molar-refractivity contribution is 5.98.